The maximum absolute atomic E-state index is 11.8. The number of amides is 3. The van der Waals surface area contributed by atoms with Crippen molar-refractivity contribution < 1.29 is 14.4 Å². The van der Waals surface area contributed by atoms with Crippen LogP contribution in [0.2, 0.25) is 0 Å². The molecule has 2 aliphatic carbocycles. The monoisotopic (exact) mass is 226 g/mol. The molecule has 2 saturated carbocycles. The summed E-state index contributed by atoms with van der Waals surface area (Å²) in [6.45, 7) is 0. The topological polar surface area (TPSA) is 127 Å². The molecule has 2 fully saturated rings. The van der Waals surface area contributed by atoms with Crippen molar-refractivity contribution in [3.05, 3.63) is 0 Å². The van der Waals surface area contributed by atoms with E-state index in [-0.39, 0.29) is 0 Å². The average molecular weight is 226 g/mol. The van der Waals surface area contributed by atoms with Gasteiger partial charge in [-0.3, -0.25) is 19.8 Å². The smallest absolute Gasteiger partial charge is 0.259 e. The molecule has 0 heterocycles. The van der Waals surface area contributed by atoms with E-state index in [1.165, 1.54) is 0 Å². The van der Waals surface area contributed by atoms with Gasteiger partial charge in [0.15, 0.2) is 0 Å². The van der Waals surface area contributed by atoms with Crippen molar-refractivity contribution in [1.82, 2.24) is 10.7 Å². The van der Waals surface area contributed by atoms with Crippen LogP contribution in [0.4, 0.5) is 0 Å². The standard InChI is InChI=1S/C9H14N4O3/c10-5(14)8(1-2-8)6(15)12-9(3-4-9)7(16)13-11/h1-4,11H2,(H2,10,14)(H,12,15)(H,13,16). The van der Waals surface area contributed by atoms with Gasteiger partial charge in [0.25, 0.3) is 5.91 Å². The second-order valence-electron chi connectivity index (χ2n) is 4.46. The van der Waals surface area contributed by atoms with E-state index in [4.69, 9.17) is 11.6 Å². The highest BCUT2D eigenvalue weighted by atomic mass is 16.2. The molecule has 0 atom stereocenters. The third-order valence-corrected chi connectivity index (χ3v) is 3.32. The van der Waals surface area contributed by atoms with E-state index in [9.17, 15) is 14.4 Å². The van der Waals surface area contributed by atoms with Crippen molar-refractivity contribution in [3.63, 3.8) is 0 Å². The highest BCUT2D eigenvalue weighted by Gasteiger charge is 2.60. The Morgan fingerprint density at radius 1 is 1.00 bits per heavy atom. The predicted octanol–water partition coefficient (Wildman–Crippen LogP) is -2.11. The van der Waals surface area contributed by atoms with Crippen molar-refractivity contribution >= 4 is 17.7 Å². The van der Waals surface area contributed by atoms with Gasteiger partial charge in [-0.1, -0.05) is 0 Å². The van der Waals surface area contributed by atoms with Crippen LogP contribution < -0.4 is 22.3 Å². The van der Waals surface area contributed by atoms with Crippen molar-refractivity contribution in [1.29, 1.82) is 0 Å². The fraction of sp³-hybridized carbons (Fsp3) is 0.667. The molecule has 0 aromatic heterocycles. The number of hydrogen-bond acceptors (Lipinski definition) is 4. The Morgan fingerprint density at radius 3 is 1.88 bits per heavy atom. The van der Waals surface area contributed by atoms with E-state index in [0.29, 0.717) is 25.7 Å². The molecule has 7 heteroatoms. The van der Waals surface area contributed by atoms with Crippen molar-refractivity contribution in [2.75, 3.05) is 0 Å². The van der Waals surface area contributed by atoms with Crippen LogP contribution in [0.5, 0.6) is 0 Å². The van der Waals surface area contributed by atoms with Crippen LogP contribution in [0, 0.1) is 5.41 Å². The van der Waals surface area contributed by atoms with Crippen molar-refractivity contribution in [2.45, 2.75) is 31.2 Å². The lowest BCUT2D eigenvalue weighted by Crippen LogP contribution is -2.54. The maximum atomic E-state index is 11.8. The first-order chi connectivity index (χ1) is 7.47. The molecule has 0 aromatic rings. The van der Waals surface area contributed by atoms with Crippen LogP contribution in [0.15, 0.2) is 0 Å². The Kier molecular flexibility index (Phi) is 2.16. The summed E-state index contributed by atoms with van der Waals surface area (Å²) in [5.41, 5.74) is 5.15. The first kappa shape index (κ1) is 10.9. The van der Waals surface area contributed by atoms with Crippen LogP contribution in [0.3, 0.4) is 0 Å². The molecule has 0 radical (unpaired) electrons. The van der Waals surface area contributed by atoms with Gasteiger partial charge >= 0.3 is 0 Å². The molecule has 0 bridgehead atoms. The van der Waals surface area contributed by atoms with E-state index < -0.39 is 28.7 Å². The van der Waals surface area contributed by atoms with Gasteiger partial charge in [0.1, 0.15) is 11.0 Å². The third kappa shape index (κ3) is 1.44. The Balaban J connectivity index is 2.04. The summed E-state index contributed by atoms with van der Waals surface area (Å²) in [4.78, 5) is 34.3. The normalized spacial score (nSPS) is 23.1. The number of carbonyl (C=O) groups is 3. The van der Waals surface area contributed by atoms with Gasteiger partial charge in [-0.2, -0.15) is 0 Å². The van der Waals surface area contributed by atoms with E-state index in [1.807, 2.05) is 5.43 Å². The van der Waals surface area contributed by atoms with Gasteiger partial charge in [-0.15, -0.1) is 0 Å². The lowest BCUT2D eigenvalue weighted by Gasteiger charge is -2.18. The first-order valence-electron chi connectivity index (χ1n) is 5.10. The second-order valence-corrected chi connectivity index (χ2v) is 4.46. The van der Waals surface area contributed by atoms with Crippen LogP contribution >= 0.6 is 0 Å². The van der Waals surface area contributed by atoms with Crippen molar-refractivity contribution in [2.24, 2.45) is 17.0 Å². The molecule has 2 rings (SSSR count). The SMILES string of the molecule is NNC(=O)C1(NC(=O)C2(C(N)=O)CC2)CC1. The number of carbonyl (C=O) groups excluding carboxylic acids is 3. The highest BCUT2D eigenvalue weighted by molar-refractivity contribution is 6.09. The Labute approximate surface area is 91.9 Å². The quantitative estimate of drug-likeness (QED) is 0.189. The maximum Gasteiger partial charge on any atom is 0.259 e. The van der Waals surface area contributed by atoms with Gasteiger partial charge in [-0.25, -0.2) is 5.84 Å². The summed E-state index contributed by atoms with van der Waals surface area (Å²) in [6, 6.07) is 0. The Morgan fingerprint density at radius 2 is 1.56 bits per heavy atom. The molecule has 0 aromatic carbocycles. The highest BCUT2D eigenvalue weighted by Crippen LogP contribution is 2.47. The van der Waals surface area contributed by atoms with E-state index in [0.717, 1.165) is 0 Å². The van der Waals surface area contributed by atoms with Crippen LogP contribution in [-0.2, 0) is 14.4 Å². The van der Waals surface area contributed by atoms with Gasteiger partial charge in [0, 0.05) is 0 Å². The lowest BCUT2D eigenvalue weighted by atomic mass is 10.0. The summed E-state index contributed by atoms with van der Waals surface area (Å²) >= 11 is 0. The molecule has 0 saturated heterocycles. The first-order valence-corrected chi connectivity index (χ1v) is 5.10. The number of hydrazine groups is 1. The Hall–Kier alpha value is -1.63. The van der Waals surface area contributed by atoms with Crippen molar-refractivity contribution in [3.8, 4) is 0 Å². The minimum atomic E-state index is -1.09. The largest absolute Gasteiger partial charge is 0.369 e. The summed E-state index contributed by atoms with van der Waals surface area (Å²) in [7, 11) is 0. The fourth-order valence-electron chi connectivity index (χ4n) is 1.72. The second kappa shape index (κ2) is 3.18. The summed E-state index contributed by atoms with van der Waals surface area (Å²) in [5.74, 6) is 3.50. The fourth-order valence-corrected chi connectivity index (χ4v) is 1.72. The van der Waals surface area contributed by atoms with E-state index in [1.54, 1.807) is 0 Å². The zero-order valence-corrected chi connectivity index (χ0v) is 8.71. The molecule has 88 valence electrons. The van der Waals surface area contributed by atoms with Crippen LogP contribution in [0.1, 0.15) is 25.7 Å². The number of rotatable bonds is 4. The zero-order chi connectivity index (χ0) is 12.0. The molecule has 3 amide bonds. The zero-order valence-electron chi connectivity index (χ0n) is 8.71. The van der Waals surface area contributed by atoms with Crippen LogP contribution in [0.25, 0.3) is 0 Å². The third-order valence-electron chi connectivity index (χ3n) is 3.32. The molecule has 0 aliphatic heterocycles. The summed E-state index contributed by atoms with van der Waals surface area (Å²) < 4.78 is 0. The molecule has 2 aliphatic rings. The molecule has 0 spiro atoms. The number of nitrogens with one attached hydrogen (secondary N) is 2. The van der Waals surface area contributed by atoms with E-state index >= 15 is 0 Å². The molecule has 7 nitrogen and oxygen atoms in total. The number of nitrogens with two attached hydrogens (primary N) is 2. The predicted molar refractivity (Wildman–Crippen MR) is 53.3 cm³/mol. The molecular weight excluding hydrogens is 212 g/mol. The number of primary amides is 1. The van der Waals surface area contributed by atoms with Gasteiger partial charge in [0.05, 0.1) is 0 Å². The van der Waals surface area contributed by atoms with Crippen LogP contribution in [-0.4, -0.2) is 23.3 Å². The molecule has 0 unspecified atom stereocenters. The van der Waals surface area contributed by atoms with Gasteiger partial charge in [-0.05, 0) is 25.7 Å². The molecule has 6 N–H and O–H groups in total. The Bertz CT molecular complexity index is 371. The van der Waals surface area contributed by atoms with E-state index in [2.05, 4.69) is 5.32 Å². The van der Waals surface area contributed by atoms with Gasteiger partial charge in [0.2, 0.25) is 11.8 Å². The molecular formula is C9H14N4O3. The van der Waals surface area contributed by atoms with Gasteiger partial charge < -0.3 is 11.1 Å². The minimum absolute atomic E-state index is 0.430. The average Bonchev–Trinajstić information content (AvgIpc) is 3.10. The lowest BCUT2D eigenvalue weighted by molar-refractivity contribution is -0.138. The summed E-state index contributed by atoms with van der Waals surface area (Å²) in [5, 5.41) is 2.57. The molecule has 16 heavy (non-hydrogen) atoms. The summed E-state index contributed by atoms with van der Waals surface area (Å²) in [6.07, 6.45) is 1.98. The number of hydrogen-bond donors (Lipinski definition) is 4. The minimum Gasteiger partial charge on any atom is -0.369 e.